The van der Waals surface area contributed by atoms with E-state index in [0.717, 1.165) is 0 Å². The second kappa shape index (κ2) is 190000. The van der Waals surface area contributed by atoms with Crippen LogP contribution in [0.1, 0.15) is 0 Å². The Bertz CT molecular complexity index is 11.7. The molecule has 2 radical (unpaired) electrons. The predicted octanol–water partition coefficient (Wildman–Crippen LogP) is 0.104. The van der Waals surface area contributed by atoms with Gasteiger partial charge in [0.1, 0.15) is 0 Å². The second-order valence-corrected chi connectivity index (χ2v) is 0. The molecule has 0 saturated carbocycles. The summed E-state index contributed by atoms with van der Waals surface area (Å²) < 4.78 is 0. The smallest absolute Gasteiger partial charge is 0.573 e. The van der Waals surface area contributed by atoms with Crippen molar-refractivity contribution in [3.05, 3.63) is 14.9 Å². The fourth-order valence-electron chi connectivity index (χ4n) is 0. The third-order valence-corrected chi connectivity index (χ3v) is 0. The minimum atomic E-state index is 0. The van der Waals surface area contributed by atoms with Gasteiger partial charge in [-0.25, -0.2) is 0 Å². The molecule has 0 aromatic rings. The van der Waals surface area contributed by atoms with E-state index in [1.165, 1.54) is 0 Å². The SMILES string of the molecule is [C-]=O.[C-]=O.[CH3-].[CH3-].[Mo+4]. The summed E-state index contributed by atoms with van der Waals surface area (Å²) in [6.45, 7) is 9.00. The van der Waals surface area contributed by atoms with Gasteiger partial charge in [0.15, 0.2) is 0 Å². The topological polar surface area (TPSA) is 34.1 Å². The summed E-state index contributed by atoms with van der Waals surface area (Å²) in [4.78, 5) is 15.0. The number of hydrogen-bond acceptors (Lipinski definition) is 2. The van der Waals surface area contributed by atoms with E-state index in [2.05, 4.69) is 13.6 Å². The molecular weight excluding hydrogens is 176 g/mol. The fourth-order valence-corrected chi connectivity index (χ4v) is 0. The number of carbonyl (C=O) groups excluding carboxylic acids is 2. The molecule has 0 aliphatic carbocycles. The van der Waals surface area contributed by atoms with Crippen molar-refractivity contribution in [1.82, 2.24) is 0 Å². The summed E-state index contributed by atoms with van der Waals surface area (Å²) >= 11 is 0. The minimum Gasteiger partial charge on any atom is -0.573 e. The molecule has 40 valence electrons. The van der Waals surface area contributed by atoms with Crippen molar-refractivity contribution < 1.29 is 30.7 Å². The Hall–Kier alpha value is 0.0283. The van der Waals surface area contributed by atoms with Gasteiger partial charge in [-0.2, -0.15) is 0 Å². The zero-order valence-electron chi connectivity index (χ0n) is 4.22. The monoisotopic (exact) mass is 184 g/mol. The number of hydrogen-bond donors (Lipinski definition) is 0. The van der Waals surface area contributed by atoms with Gasteiger partial charge < -0.3 is 38.0 Å². The Morgan fingerprint density at radius 1 is 0.714 bits per heavy atom. The van der Waals surface area contributed by atoms with E-state index in [4.69, 9.17) is 9.59 Å². The first-order chi connectivity index (χ1) is 2.00. The van der Waals surface area contributed by atoms with E-state index >= 15 is 0 Å². The van der Waals surface area contributed by atoms with Gasteiger partial charge in [-0.15, -0.1) is 0 Å². The average Bonchev–Trinajstić information content (AvgIpc) is 1.50. The standard InChI is InChI=1S/2CO.2CH3.Mo/c2*1-2;;;/h;;2*1H3;/q4*-1;+4. The van der Waals surface area contributed by atoms with Crippen molar-refractivity contribution in [1.29, 1.82) is 0 Å². The van der Waals surface area contributed by atoms with E-state index < -0.39 is 0 Å². The summed E-state index contributed by atoms with van der Waals surface area (Å²) in [7, 11) is 0. The summed E-state index contributed by atoms with van der Waals surface area (Å²) in [5, 5.41) is 0. The van der Waals surface area contributed by atoms with Crippen molar-refractivity contribution >= 4 is 13.6 Å². The Morgan fingerprint density at radius 3 is 0.714 bits per heavy atom. The van der Waals surface area contributed by atoms with Crippen molar-refractivity contribution in [2.45, 2.75) is 0 Å². The molecule has 0 aromatic carbocycles. The first-order valence-electron chi connectivity index (χ1n) is 0.408. The van der Waals surface area contributed by atoms with Crippen LogP contribution in [-0.2, 0) is 30.7 Å². The Balaban J connectivity index is -0.00000000267. The third-order valence-electron chi connectivity index (χ3n) is 0. The molecule has 0 atom stereocenters. The van der Waals surface area contributed by atoms with Gasteiger partial charge in [0.2, 0.25) is 0 Å². The van der Waals surface area contributed by atoms with Crippen LogP contribution in [0.3, 0.4) is 0 Å². The molecule has 0 aliphatic heterocycles. The van der Waals surface area contributed by atoms with Gasteiger partial charge >= 0.3 is 21.1 Å². The van der Waals surface area contributed by atoms with E-state index in [-0.39, 0.29) is 35.9 Å². The van der Waals surface area contributed by atoms with Gasteiger partial charge in [0.25, 0.3) is 0 Å². The van der Waals surface area contributed by atoms with Gasteiger partial charge in [-0.1, -0.05) is 0 Å². The maximum absolute atomic E-state index is 7.50. The fraction of sp³-hybridized carbons (Fsp3) is 0. The van der Waals surface area contributed by atoms with Crippen LogP contribution < -0.4 is 0 Å². The molecule has 0 heterocycles. The van der Waals surface area contributed by atoms with E-state index in [9.17, 15) is 0 Å². The van der Waals surface area contributed by atoms with Crippen LogP contribution in [0.25, 0.3) is 0 Å². The molecular formula is C4H6MoO2. The van der Waals surface area contributed by atoms with Crippen molar-refractivity contribution in [3.63, 3.8) is 0 Å². The van der Waals surface area contributed by atoms with Crippen LogP contribution in [0, 0.1) is 14.9 Å². The van der Waals surface area contributed by atoms with Gasteiger partial charge in [0, 0.05) is 0 Å². The molecule has 0 amide bonds. The maximum atomic E-state index is 7.50. The molecule has 0 aromatic heterocycles. The molecule has 0 bridgehead atoms. The van der Waals surface area contributed by atoms with Crippen molar-refractivity contribution in [2.24, 2.45) is 0 Å². The van der Waals surface area contributed by atoms with Gasteiger partial charge in [0.05, 0.1) is 0 Å². The molecule has 3 heteroatoms. The van der Waals surface area contributed by atoms with Gasteiger partial charge in [-0.05, 0) is 0 Å². The van der Waals surface area contributed by atoms with Crippen LogP contribution >= 0.6 is 0 Å². The zero-order chi connectivity index (χ0) is 4.00. The average molecular weight is 182 g/mol. The molecule has 0 spiro atoms. The second-order valence-electron chi connectivity index (χ2n) is 0. The molecule has 0 fully saturated rings. The Kier molecular flexibility index (Phi) is 1690000. The van der Waals surface area contributed by atoms with Crippen LogP contribution in [-0.4, -0.2) is 13.6 Å². The zero-order valence-corrected chi connectivity index (χ0v) is 6.23. The first-order valence-corrected chi connectivity index (χ1v) is 0.408. The minimum absolute atomic E-state index is 0. The Morgan fingerprint density at radius 2 is 0.714 bits per heavy atom. The van der Waals surface area contributed by atoms with Crippen molar-refractivity contribution in [2.75, 3.05) is 0 Å². The third kappa shape index (κ3) is 122000. The Labute approximate surface area is 59.6 Å². The normalized spacial score (nSPS) is 1.14. The summed E-state index contributed by atoms with van der Waals surface area (Å²) in [5.74, 6) is 0. The van der Waals surface area contributed by atoms with Gasteiger partial charge in [-0.3, -0.25) is 0 Å². The van der Waals surface area contributed by atoms with Crippen LogP contribution in [0.2, 0.25) is 0 Å². The molecule has 2 nitrogen and oxygen atoms in total. The molecule has 0 rings (SSSR count). The van der Waals surface area contributed by atoms with E-state index in [1.807, 2.05) is 0 Å². The first kappa shape index (κ1) is 62.1. The largest absolute Gasteiger partial charge is 4.00 e. The summed E-state index contributed by atoms with van der Waals surface area (Å²) in [6.07, 6.45) is 0. The van der Waals surface area contributed by atoms with Crippen molar-refractivity contribution in [3.8, 4) is 0 Å². The van der Waals surface area contributed by atoms with E-state index in [1.54, 1.807) is 0 Å². The predicted molar refractivity (Wildman–Crippen MR) is 24.2 cm³/mol. The quantitative estimate of drug-likeness (QED) is 0.393. The maximum Gasteiger partial charge on any atom is 4.00 e. The number of rotatable bonds is 0. The molecule has 0 saturated heterocycles. The molecule has 0 N–H and O–H groups in total. The summed E-state index contributed by atoms with van der Waals surface area (Å²) in [6, 6.07) is 0. The van der Waals surface area contributed by atoms with E-state index in [0.29, 0.717) is 0 Å². The van der Waals surface area contributed by atoms with Crippen LogP contribution in [0.5, 0.6) is 0 Å². The summed E-state index contributed by atoms with van der Waals surface area (Å²) in [5.41, 5.74) is 0. The molecule has 0 unspecified atom stereocenters. The van der Waals surface area contributed by atoms with Crippen LogP contribution in [0.15, 0.2) is 0 Å². The molecule has 0 aliphatic rings. The van der Waals surface area contributed by atoms with Crippen LogP contribution in [0.4, 0.5) is 0 Å². The molecule has 7 heavy (non-hydrogen) atoms.